The zero-order valence-electron chi connectivity index (χ0n) is 17.5. The zero-order valence-corrected chi connectivity index (χ0v) is 17.5. The molecule has 4 aliphatic carbocycles. The molecule has 2 spiro atoms. The van der Waals surface area contributed by atoms with Crippen LogP contribution in [0.2, 0.25) is 0 Å². The molecular formula is C23H36O5. The summed E-state index contributed by atoms with van der Waals surface area (Å²) < 4.78 is 24.6. The molecule has 0 aromatic rings. The summed E-state index contributed by atoms with van der Waals surface area (Å²) in [5.41, 5.74) is 0.290. The fourth-order valence-electron chi connectivity index (χ4n) is 8.87. The Labute approximate surface area is 168 Å². The van der Waals surface area contributed by atoms with E-state index in [-0.39, 0.29) is 22.7 Å². The second kappa shape index (κ2) is 5.94. The molecule has 6 rings (SSSR count). The molecule has 0 radical (unpaired) electrons. The van der Waals surface area contributed by atoms with Crippen LogP contribution in [0.25, 0.3) is 0 Å². The van der Waals surface area contributed by atoms with Gasteiger partial charge in [-0.05, 0) is 61.2 Å². The molecule has 0 aromatic carbocycles. The summed E-state index contributed by atoms with van der Waals surface area (Å²) in [7, 11) is 0. The summed E-state index contributed by atoms with van der Waals surface area (Å²) in [6.45, 7) is 7.77. The van der Waals surface area contributed by atoms with Gasteiger partial charge in [-0.3, -0.25) is 0 Å². The SMILES string of the molecule is C[C@]12CCC3(C[C@H]1[C@H](O)C[C@@H]1[C@@H]2CC[C@@]2(C)[C@H]1CCC21OCCO1)OCCO3. The Morgan fingerprint density at radius 1 is 0.750 bits per heavy atom. The Morgan fingerprint density at radius 2 is 1.43 bits per heavy atom. The minimum absolute atomic E-state index is 0.0984. The summed E-state index contributed by atoms with van der Waals surface area (Å²) in [4.78, 5) is 0. The fourth-order valence-corrected chi connectivity index (χ4v) is 8.87. The highest BCUT2D eigenvalue weighted by molar-refractivity contribution is 5.14. The summed E-state index contributed by atoms with van der Waals surface area (Å²) >= 11 is 0. The number of fused-ring (bicyclic) bond motifs is 6. The van der Waals surface area contributed by atoms with Crippen LogP contribution in [0.15, 0.2) is 0 Å². The van der Waals surface area contributed by atoms with E-state index in [1.807, 2.05) is 0 Å². The minimum Gasteiger partial charge on any atom is -0.393 e. The van der Waals surface area contributed by atoms with Crippen LogP contribution in [-0.4, -0.2) is 49.2 Å². The van der Waals surface area contributed by atoms with Gasteiger partial charge in [-0.25, -0.2) is 0 Å². The topological polar surface area (TPSA) is 57.2 Å². The van der Waals surface area contributed by atoms with Gasteiger partial charge in [0.15, 0.2) is 11.6 Å². The van der Waals surface area contributed by atoms with Crippen molar-refractivity contribution in [2.75, 3.05) is 26.4 Å². The van der Waals surface area contributed by atoms with E-state index in [9.17, 15) is 5.11 Å². The molecule has 4 saturated carbocycles. The van der Waals surface area contributed by atoms with Gasteiger partial charge in [0.2, 0.25) is 0 Å². The van der Waals surface area contributed by atoms with E-state index < -0.39 is 5.79 Å². The van der Waals surface area contributed by atoms with E-state index in [2.05, 4.69) is 13.8 Å². The van der Waals surface area contributed by atoms with Crippen molar-refractivity contribution in [3.63, 3.8) is 0 Å². The van der Waals surface area contributed by atoms with E-state index in [4.69, 9.17) is 18.9 Å². The second-order valence-corrected chi connectivity index (χ2v) is 11.0. The molecule has 1 N–H and O–H groups in total. The first-order valence-electron chi connectivity index (χ1n) is 11.7. The summed E-state index contributed by atoms with van der Waals surface area (Å²) in [5, 5.41) is 11.3. The molecule has 0 unspecified atom stereocenters. The Kier molecular flexibility index (Phi) is 3.94. The van der Waals surface area contributed by atoms with Crippen molar-refractivity contribution >= 4 is 0 Å². The van der Waals surface area contributed by atoms with Crippen molar-refractivity contribution in [1.82, 2.24) is 0 Å². The van der Waals surface area contributed by atoms with Gasteiger partial charge in [0.25, 0.3) is 0 Å². The number of hydrogen-bond donors (Lipinski definition) is 1. The highest BCUT2D eigenvalue weighted by Gasteiger charge is 2.69. The van der Waals surface area contributed by atoms with Gasteiger partial charge in [-0.2, -0.15) is 0 Å². The number of aliphatic hydroxyl groups excluding tert-OH is 1. The van der Waals surface area contributed by atoms with Crippen molar-refractivity contribution in [2.45, 2.75) is 82.9 Å². The van der Waals surface area contributed by atoms with E-state index in [0.717, 1.165) is 45.3 Å². The van der Waals surface area contributed by atoms with Crippen LogP contribution >= 0.6 is 0 Å². The molecule has 5 heteroatoms. The molecule has 0 amide bonds. The van der Waals surface area contributed by atoms with Crippen LogP contribution in [0.4, 0.5) is 0 Å². The third kappa shape index (κ3) is 2.21. The first-order valence-corrected chi connectivity index (χ1v) is 11.7. The van der Waals surface area contributed by atoms with Crippen LogP contribution in [0, 0.1) is 34.5 Å². The van der Waals surface area contributed by atoms with E-state index >= 15 is 0 Å². The lowest BCUT2D eigenvalue weighted by molar-refractivity contribution is -0.269. The van der Waals surface area contributed by atoms with E-state index in [1.165, 1.54) is 19.3 Å². The monoisotopic (exact) mass is 392 g/mol. The summed E-state index contributed by atoms with van der Waals surface area (Å²) in [6.07, 6.45) is 8.27. The van der Waals surface area contributed by atoms with Crippen molar-refractivity contribution in [1.29, 1.82) is 0 Å². The van der Waals surface area contributed by atoms with Crippen molar-refractivity contribution < 1.29 is 24.1 Å². The lowest BCUT2D eigenvalue weighted by Gasteiger charge is -2.63. The van der Waals surface area contributed by atoms with Crippen LogP contribution < -0.4 is 0 Å². The van der Waals surface area contributed by atoms with Crippen molar-refractivity contribution in [2.24, 2.45) is 34.5 Å². The Balaban J connectivity index is 1.31. The quantitative estimate of drug-likeness (QED) is 0.684. The van der Waals surface area contributed by atoms with Gasteiger partial charge in [0.05, 0.1) is 32.5 Å². The Bertz CT molecular complexity index is 639. The summed E-state index contributed by atoms with van der Waals surface area (Å²) in [6, 6.07) is 0. The normalized spacial score (nSPS) is 53.9. The van der Waals surface area contributed by atoms with Gasteiger partial charge in [0, 0.05) is 24.7 Å². The largest absolute Gasteiger partial charge is 0.393 e. The molecular weight excluding hydrogens is 356 g/mol. The van der Waals surface area contributed by atoms with Crippen LogP contribution in [0.5, 0.6) is 0 Å². The third-order valence-corrected chi connectivity index (χ3v) is 10.3. The molecule has 28 heavy (non-hydrogen) atoms. The van der Waals surface area contributed by atoms with Crippen molar-refractivity contribution in [3.8, 4) is 0 Å². The molecule has 158 valence electrons. The molecule has 0 aromatic heterocycles. The van der Waals surface area contributed by atoms with Gasteiger partial charge in [-0.1, -0.05) is 13.8 Å². The minimum atomic E-state index is -0.413. The Morgan fingerprint density at radius 3 is 2.18 bits per heavy atom. The smallest absolute Gasteiger partial charge is 0.174 e. The maximum atomic E-state index is 11.3. The maximum absolute atomic E-state index is 11.3. The number of rotatable bonds is 0. The molecule has 0 bridgehead atoms. The third-order valence-electron chi connectivity index (χ3n) is 10.3. The molecule has 5 nitrogen and oxygen atoms in total. The van der Waals surface area contributed by atoms with Crippen molar-refractivity contribution in [3.05, 3.63) is 0 Å². The van der Waals surface area contributed by atoms with Gasteiger partial charge in [-0.15, -0.1) is 0 Å². The molecule has 2 aliphatic heterocycles. The highest BCUT2D eigenvalue weighted by atomic mass is 16.7. The molecule has 2 heterocycles. The lowest BCUT2D eigenvalue weighted by Crippen LogP contribution is -2.61. The predicted octanol–water partition coefficient (Wildman–Crippen LogP) is 3.49. The number of aliphatic hydroxyl groups is 1. The zero-order chi connectivity index (χ0) is 19.2. The Hall–Kier alpha value is -0.200. The van der Waals surface area contributed by atoms with Crippen LogP contribution in [0.3, 0.4) is 0 Å². The van der Waals surface area contributed by atoms with Gasteiger partial charge in [0.1, 0.15) is 0 Å². The van der Waals surface area contributed by atoms with Crippen LogP contribution in [0.1, 0.15) is 65.2 Å². The number of ether oxygens (including phenoxy) is 4. The maximum Gasteiger partial charge on any atom is 0.174 e. The molecule has 6 aliphatic rings. The summed E-state index contributed by atoms with van der Waals surface area (Å²) in [5.74, 6) is 1.40. The standard InChI is InChI=1S/C23H36O5/c1-20-7-8-22(25-9-10-26-22)14-18(20)19(24)13-15-16(20)3-5-21(2)17(15)4-6-23(21)27-11-12-28-23/h15-19,24H,3-14H2,1-2H3/t15-,16+,17+,18+,19-,20-,21+/m1/s1. The molecule has 6 fully saturated rings. The van der Waals surface area contributed by atoms with E-state index in [0.29, 0.717) is 36.9 Å². The van der Waals surface area contributed by atoms with Gasteiger partial charge < -0.3 is 24.1 Å². The average molecular weight is 393 g/mol. The molecule has 2 saturated heterocycles. The first kappa shape index (κ1) is 18.6. The predicted molar refractivity (Wildman–Crippen MR) is 102 cm³/mol. The number of hydrogen-bond acceptors (Lipinski definition) is 5. The van der Waals surface area contributed by atoms with Gasteiger partial charge >= 0.3 is 0 Å². The van der Waals surface area contributed by atoms with Crippen LogP contribution in [-0.2, 0) is 18.9 Å². The molecule has 7 atom stereocenters. The highest BCUT2D eigenvalue weighted by Crippen LogP contribution is 2.70. The average Bonchev–Trinajstić information content (AvgIpc) is 3.39. The first-order chi connectivity index (χ1) is 13.4. The lowest BCUT2D eigenvalue weighted by atomic mass is 9.44. The fraction of sp³-hybridized carbons (Fsp3) is 1.00. The second-order valence-electron chi connectivity index (χ2n) is 11.0. The van der Waals surface area contributed by atoms with E-state index in [1.54, 1.807) is 0 Å².